The van der Waals surface area contributed by atoms with E-state index in [9.17, 15) is 0 Å². The fourth-order valence-electron chi connectivity index (χ4n) is 2.62. The number of benzene rings is 1. The van der Waals surface area contributed by atoms with Crippen LogP contribution in [0, 0.1) is 0 Å². The summed E-state index contributed by atoms with van der Waals surface area (Å²) in [4.78, 5) is 6.99. The number of fused-ring (bicyclic) bond motifs is 1. The molecule has 2 aromatic rings. The molecule has 1 N–H and O–H groups in total. The minimum absolute atomic E-state index is 0. The molecule has 1 aromatic heterocycles. The van der Waals surface area contributed by atoms with Gasteiger partial charge >= 0.3 is 0 Å². The normalized spacial score (nSPS) is 16.6. The van der Waals surface area contributed by atoms with Crippen LogP contribution in [0.1, 0.15) is 12.0 Å². The van der Waals surface area contributed by atoms with Crippen molar-refractivity contribution in [3.8, 4) is 0 Å². The molecule has 0 atom stereocenters. The van der Waals surface area contributed by atoms with Gasteiger partial charge in [-0.15, -0.1) is 12.4 Å². The quantitative estimate of drug-likeness (QED) is 0.923. The zero-order valence-electron chi connectivity index (χ0n) is 11.3. The molecule has 0 unspecified atom stereocenters. The second kappa shape index (κ2) is 7.23. The number of hydrogen-bond acceptors (Lipinski definition) is 3. The highest BCUT2D eigenvalue weighted by Gasteiger charge is 2.12. The van der Waals surface area contributed by atoms with Gasteiger partial charge in [0.15, 0.2) is 0 Å². The average Bonchev–Trinajstić information content (AvgIpc) is 2.71. The van der Waals surface area contributed by atoms with E-state index in [1.165, 1.54) is 12.0 Å². The molecule has 1 fully saturated rings. The molecule has 3 nitrogen and oxygen atoms in total. The summed E-state index contributed by atoms with van der Waals surface area (Å²) in [5.41, 5.74) is 2.30. The highest BCUT2D eigenvalue weighted by molar-refractivity contribution is 6.35. The summed E-state index contributed by atoms with van der Waals surface area (Å²) in [7, 11) is 0. The Morgan fingerprint density at radius 1 is 1.20 bits per heavy atom. The summed E-state index contributed by atoms with van der Waals surface area (Å²) in [6.45, 7) is 5.38. The Bertz CT molecular complexity index is 566. The smallest absolute Gasteiger partial charge is 0.0761 e. The van der Waals surface area contributed by atoms with E-state index in [2.05, 4.69) is 21.3 Å². The lowest BCUT2D eigenvalue weighted by molar-refractivity contribution is 0.285. The maximum absolute atomic E-state index is 6.23. The van der Waals surface area contributed by atoms with Crippen molar-refractivity contribution in [2.75, 3.05) is 26.2 Å². The first-order chi connectivity index (χ1) is 9.34. The van der Waals surface area contributed by atoms with Gasteiger partial charge in [0.1, 0.15) is 0 Å². The minimum Gasteiger partial charge on any atom is -0.315 e. The van der Waals surface area contributed by atoms with Gasteiger partial charge in [0.25, 0.3) is 0 Å². The zero-order chi connectivity index (χ0) is 13.1. The number of aromatic nitrogens is 1. The molecule has 2 heterocycles. The van der Waals surface area contributed by atoms with Gasteiger partial charge < -0.3 is 5.32 Å². The Balaban J connectivity index is 0.00000147. The van der Waals surface area contributed by atoms with Gasteiger partial charge in [-0.1, -0.05) is 17.7 Å². The van der Waals surface area contributed by atoms with Crippen molar-refractivity contribution in [3.63, 3.8) is 0 Å². The molecule has 0 spiro atoms. The van der Waals surface area contributed by atoms with E-state index in [0.29, 0.717) is 0 Å². The Morgan fingerprint density at radius 3 is 3.00 bits per heavy atom. The monoisotopic (exact) mass is 311 g/mol. The molecule has 108 valence electrons. The van der Waals surface area contributed by atoms with Crippen LogP contribution in [0.2, 0.25) is 5.02 Å². The largest absolute Gasteiger partial charge is 0.315 e. The van der Waals surface area contributed by atoms with Gasteiger partial charge in [-0.2, -0.15) is 0 Å². The maximum Gasteiger partial charge on any atom is 0.0761 e. The van der Waals surface area contributed by atoms with Crippen LogP contribution in [-0.2, 0) is 6.54 Å². The summed E-state index contributed by atoms with van der Waals surface area (Å²) in [6, 6.07) is 8.07. The third-order valence-corrected chi connectivity index (χ3v) is 3.96. The molecule has 0 amide bonds. The van der Waals surface area contributed by atoms with E-state index in [1.807, 2.05) is 24.4 Å². The van der Waals surface area contributed by atoms with Crippen LogP contribution in [0.15, 0.2) is 30.5 Å². The van der Waals surface area contributed by atoms with Crippen molar-refractivity contribution in [1.29, 1.82) is 0 Å². The predicted molar refractivity (Wildman–Crippen MR) is 86.8 cm³/mol. The van der Waals surface area contributed by atoms with Crippen molar-refractivity contribution >= 4 is 34.9 Å². The highest BCUT2D eigenvalue weighted by Crippen LogP contribution is 2.25. The predicted octanol–water partition coefficient (Wildman–Crippen LogP) is 3.11. The number of nitrogens with zero attached hydrogens (tertiary/aromatic N) is 2. The third kappa shape index (κ3) is 3.41. The summed E-state index contributed by atoms with van der Waals surface area (Å²) in [5.74, 6) is 0. The molecular formula is C15H19Cl2N3. The fourth-order valence-corrected chi connectivity index (χ4v) is 2.84. The number of hydrogen-bond donors (Lipinski definition) is 1. The van der Waals surface area contributed by atoms with Gasteiger partial charge in [-0.05, 0) is 43.3 Å². The Hall–Kier alpha value is -0.870. The first-order valence-electron chi connectivity index (χ1n) is 6.80. The van der Waals surface area contributed by atoms with Gasteiger partial charge in [0, 0.05) is 36.2 Å². The van der Waals surface area contributed by atoms with Crippen molar-refractivity contribution in [3.05, 3.63) is 41.0 Å². The second-order valence-corrected chi connectivity index (χ2v) is 5.39. The van der Waals surface area contributed by atoms with Gasteiger partial charge in [-0.3, -0.25) is 9.88 Å². The topological polar surface area (TPSA) is 28.2 Å². The SMILES string of the molecule is Cl.Clc1ccc(CN2CCCNCC2)c2ncccc12. The van der Waals surface area contributed by atoms with Crippen LogP contribution in [0.25, 0.3) is 10.9 Å². The van der Waals surface area contributed by atoms with E-state index < -0.39 is 0 Å². The highest BCUT2D eigenvalue weighted by atomic mass is 35.5. The summed E-state index contributed by atoms with van der Waals surface area (Å²) in [6.07, 6.45) is 3.05. The molecule has 0 aliphatic carbocycles. The van der Waals surface area contributed by atoms with Crippen molar-refractivity contribution in [2.24, 2.45) is 0 Å². The lowest BCUT2D eigenvalue weighted by Gasteiger charge is -2.20. The number of nitrogens with one attached hydrogen (secondary N) is 1. The van der Waals surface area contributed by atoms with E-state index in [0.717, 1.165) is 48.6 Å². The van der Waals surface area contributed by atoms with Crippen molar-refractivity contribution < 1.29 is 0 Å². The standard InChI is InChI=1S/C15H18ClN3.ClH/c16-14-5-4-12(15-13(14)3-1-7-18-15)11-19-9-2-6-17-8-10-19;/h1,3-5,7,17H,2,6,8-11H2;1H. The molecule has 20 heavy (non-hydrogen) atoms. The average molecular weight is 312 g/mol. The molecule has 0 radical (unpaired) electrons. The summed E-state index contributed by atoms with van der Waals surface area (Å²) in [5, 5.41) is 5.26. The molecule has 1 aliphatic rings. The number of halogens is 2. The minimum atomic E-state index is 0. The summed E-state index contributed by atoms with van der Waals surface area (Å²) >= 11 is 6.23. The molecule has 1 saturated heterocycles. The lowest BCUT2D eigenvalue weighted by Crippen LogP contribution is -2.27. The number of rotatable bonds is 2. The van der Waals surface area contributed by atoms with Crippen LogP contribution in [0.5, 0.6) is 0 Å². The molecule has 3 rings (SSSR count). The van der Waals surface area contributed by atoms with E-state index >= 15 is 0 Å². The van der Waals surface area contributed by atoms with Crippen molar-refractivity contribution in [1.82, 2.24) is 15.2 Å². The third-order valence-electron chi connectivity index (χ3n) is 3.63. The van der Waals surface area contributed by atoms with Crippen LogP contribution in [0.3, 0.4) is 0 Å². The molecule has 1 aromatic carbocycles. The van der Waals surface area contributed by atoms with Crippen LogP contribution in [0.4, 0.5) is 0 Å². The Kier molecular flexibility index (Phi) is 5.61. The molecule has 5 heteroatoms. The zero-order valence-corrected chi connectivity index (χ0v) is 12.9. The van der Waals surface area contributed by atoms with Crippen LogP contribution < -0.4 is 5.32 Å². The summed E-state index contributed by atoms with van der Waals surface area (Å²) < 4.78 is 0. The van der Waals surface area contributed by atoms with Crippen LogP contribution in [-0.4, -0.2) is 36.1 Å². The van der Waals surface area contributed by atoms with E-state index in [1.54, 1.807) is 0 Å². The van der Waals surface area contributed by atoms with Crippen LogP contribution >= 0.6 is 24.0 Å². The Morgan fingerprint density at radius 2 is 2.10 bits per heavy atom. The van der Waals surface area contributed by atoms with Gasteiger partial charge in [0.2, 0.25) is 0 Å². The van der Waals surface area contributed by atoms with Crippen molar-refractivity contribution in [2.45, 2.75) is 13.0 Å². The van der Waals surface area contributed by atoms with E-state index in [-0.39, 0.29) is 12.4 Å². The molecule has 1 aliphatic heterocycles. The van der Waals surface area contributed by atoms with Gasteiger partial charge in [-0.25, -0.2) is 0 Å². The molecule has 0 saturated carbocycles. The number of pyridine rings is 1. The fraction of sp³-hybridized carbons (Fsp3) is 0.400. The Labute approximate surface area is 130 Å². The molecule has 0 bridgehead atoms. The van der Waals surface area contributed by atoms with E-state index in [4.69, 9.17) is 11.6 Å². The first kappa shape index (κ1) is 15.5. The second-order valence-electron chi connectivity index (χ2n) is 4.99. The van der Waals surface area contributed by atoms with Gasteiger partial charge in [0.05, 0.1) is 5.52 Å². The maximum atomic E-state index is 6.23. The lowest BCUT2D eigenvalue weighted by atomic mass is 10.1. The molecular weight excluding hydrogens is 293 g/mol. The first-order valence-corrected chi connectivity index (χ1v) is 7.17.